The lowest BCUT2D eigenvalue weighted by molar-refractivity contribution is -0.138. The normalized spacial score (nSPS) is 22.2. The van der Waals surface area contributed by atoms with Crippen LogP contribution in [-0.2, 0) is 9.59 Å². The molecule has 1 saturated heterocycles. The molecule has 1 unspecified atom stereocenters. The maximum atomic E-state index is 11.4. The van der Waals surface area contributed by atoms with Gasteiger partial charge in [-0.15, -0.1) is 0 Å². The molecule has 0 spiro atoms. The fourth-order valence-corrected chi connectivity index (χ4v) is 1.84. The number of hydrogen-bond donors (Lipinski definition) is 2. The van der Waals surface area contributed by atoms with E-state index in [-0.39, 0.29) is 18.4 Å². The molecule has 1 amide bonds. The van der Waals surface area contributed by atoms with Gasteiger partial charge in [0.15, 0.2) is 0 Å². The molecule has 5 nitrogen and oxygen atoms in total. The van der Waals surface area contributed by atoms with Crippen molar-refractivity contribution < 1.29 is 14.7 Å². The molecule has 1 aliphatic heterocycles. The van der Waals surface area contributed by atoms with Gasteiger partial charge in [0.05, 0.1) is 19.0 Å². The molecule has 1 aliphatic rings. The summed E-state index contributed by atoms with van der Waals surface area (Å²) in [6.07, 6.45) is 1.04. The van der Waals surface area contributed by atoms with Crippen LogP contribution >= 0.6 is 0 Å². The van der Waals surface area contributed by atoms with E-state index in [1.807, 2.05) is 4.90 Å². The first kappa shape index (κ1) is 13.0. The van der Waals surface area contributed by atoms with E-state index in [2.05, 4.69) is 19.2 Å². The van der Waals surface area contributed by atoms with Crippen LogP contribution in [0.15, 0.2) is 0 Å². The molecule has 0 radical (unpaired) electrons. The molecule has 16 heavy (non-hydrogen) atoms. The lowest BCUT2D eigenvalue weighted by Gasteiger charge is -2.32. The molecule has 1 rings (SSSR count). The molecule has 0 aromatic heterocycles. The van der Waals surface area contributed by atoms with E-state index < -0.39 is 5.97 Å². The molecule has 0 bridgehead atoms. The molecular weight excluding hydrogens is 208 g/mol. The monoisotopic (exact) mass is 228 g/mol. The van der Waals surface area contributed by atoms with Gasteiger partial charge in [-0.2, -0.15) is 0 Å². The molecule has 0 saturated carbocycles. The first-order chi connectivity index (χ1) is 7.47. The van der Waals surface area contributed by atoms with E-state index in [0.29, 0.717) is 19.0 Å². The fraction of sp³-hybridized carbons (Fsp3) is 0.818. The zero-order chi connectivity index (χ0) is 12.1. The highest BCUT2D eigenvalue weighted by atomic mass is 16.4. The van der Waals surface area contributed by atoms with Crippen LogP contribution < -0.4 is 5.32 Å². The lowest BCUT2D eigenvalue weighted by Crippen LogP contribution is -2.54. The number of rotatable bonds is 5. The minimum atomic E-state index is -0.865. The Hall–Kier alpha value is -1.10. The molecule has 1 fully saturated rings. The third-order valence-electron chi connectivity index (χ3n) is 2.65. The van der Waals surface area contributed by atoms with Crippen molar-refractivity contribution in [1.29, 1.82) is 0 Å². The number of aliphatic carboxylic acids is 1. The van der Waals surface area contributed by atoms with Gasteiger partial charge in [-0.3, -0.25) is 14.5 Å². The van der Waals surface area contributed by atoms with Crippen LogP contribution in [0.5, 0.6) is 0 Å². The van der Waals surface area contributed by atoms with Crippen molar-refractivity contribution in [2.45, 2.75) is 32.7 Å². The molecule has 1 atom stereocenters. The third-order valence-corrected chi connectivity index (χ3v) is 2.65. The van der Waals surface area contributed by atoms with Gasteiger partial charge in [-0.25, -0.2) is 0 Å². The summed E-state index contributed by atoms with van der Waals surface area (Å²) in [6, 6.07) is -0.245. The van der Waals surface area contributed by atoms with E-state index in [1.165, 1.54) is 0 Å². The Morgan fingerprint density at radius 1 is 1.62 bits per heavy atom. The number of carboxylic acid groups (broad SMARTS) is 1. The van der Waals surface area contributed by atoms with Crippen molar-refractivity contribution in [3.05, 3.63) is 0 Å². The van der Waals surface area contributed by atoms with Crippen LogP contribution in [0.3, 0.4) is 0 Å². The first-order valence-electron chi connectivity index (χ1n) is 5.71. The minimum Gasteiger partial charge on any atom is -0.481 e. The number of carboxylic acids is 1. The summed E-state index contributed by atoms with van der Waals surface area (Å²) in [5.41, 5.74) is 0. The predicted molar refractivity (Wildman–Crippen MR) is 60.1 cm³/mol. The minimum absolute atomic E-state index is 0.00389. The van der Waals surface area contributed by atoms with Gasteiger partial charge in [0.1, 0.15) is 0 Å². The Bertz CT molecular complexity index is 264. The summed E-state index contributed by atoms with van der Waals surface area (Å²) in [7, 11) is 0. The standard InChI is InChI=1S/C11H20N2O3/c1-8(2)3-4-13-6-9(5-11(15)16)12-10(14)7-13/h8-9H,3-7H2,1-2H3,(H,12,14)(H,15,16). The van der Waals surface area contributed by atoms with Crippen LogP contribution in [0.1, 0.15) is 26.7 Å². The van der Waals surface area contributed by atoms with Gasteiger partial charge in [0, 0.05) is 6.54 Å². The second kappa shape index (κ2) is 5.84. The van der Waals surface area contributed by atoms with E-state index in [0.717, 1.165) is 13.0 Å². The molecule has 0 aliphatic carbocycles. The van der Waals surface area contributed by atoms with E-state index in [9.17, 15) is 9.59 Å². The molecule has 0 aromatic carbocycles. The maximum Gasteiger partial charge on any atom is 0.305 e. The molecule has 5 heteroatoms. The van der Waals surface area contributed by atoms with Gasteiger partial charge in [-0.1, -0.05) is 13.8 Å². The first-order valence-corrected chi connectivity index (χ1v) is 5.71. The predicted octanol–water partition coefficient (Wildman–Crippen LogP) is 0.308. The summed E-state index contributed by atoms with van der Waals surface area (Å²) >= 11 is 0. The molecular formula is C11H20N2O3. The van der Waals surface area contributed by atoms with Crippen LogP contribution in [-0.4, -0.2) is 47.6 Å². The lowest BCUT2D eigenvalue weighted by atomic mass is 10.1. The maximum absolute atomic E-state index is 11.4. The summed E-state index contributed by atoms with van der Waals surface area (Å²) in [4.78, 5) is 24.0. The molecule has 1 heterocycles. The van der Waals surface area contributed by atoms with Gasteiger partial charge < -0.3 is 10.4 Å². The Morgan fingerprint density at radius 3 is 2.88 bits per heavy atom. The number of hydrogen-bond acceptors (Lipinski definition) is 3. The van der Waals surface area contributed by atoms with Crippen molar-refractivity contribution >= 4 is 11.9 Å². The average Bonchev–Trinajstić information content (AvgIpc) is 2.12. The Kier molecular flexibility index (Phi) is 4.73. The number of amides is 1. The van der Waals surface area contributed by atoms with Gasteiger partial charge in [0.25, 0.3) is 0 Å². The highest BCUT2D eigenvalue weighted by Crippen LogP contribution is 2.07. The molecule has 0 aromatic rings. The summed E-state index contributed by atoms with van der Waals surface area (Å²) in [5, 5.41) is 11.4. The van der Waals surface area contributed by atoms with Crippen molar-refractivity contribution in [3.8, 4) is 0 Å². The SMILES string of the molecule is CC(C)CCN1CC(=O)NC(CC(=O)O)C1. The van der Waals surface area contributed by atoms with E-state index >= 15 is 0 Å². The van der Waals surface area contributed by atoms with Crippen LogP contribution in [0.2, 0.25) is 0 Å². The van der Waals surface area contributed by atoms with Crippen LogP contribution in [0, 0.1) is 5.92 Å². The Labute approximate surface area is 95.8 Å². The Morgan fingerprint density at radius 2 is 2.31 bits per heavy atom. The second-order valence-corrected chi connectivity index (χ2v) is 4.78. The van der Waals surface area contributed by atoms with Crippen molar-refractivity contribution in [1.82, 2.24) is 10.2 Å². The van der Waals surface area contributed by atoms with Crippen molar-refractivity contribution in [2.75, 3.05) is 19.6 Å². The zero-order valence-electron chi connectivity index (χ0n) is 9.90. The molecule has 2 N–H and O–H groups in total. The number of carbonyl (C=O) groups excluding carboxylic acids is 1. The van der Waals surface area contributed by atoms with E-state index in [1.54, 1.807) is 0 Å². The van der Waals surface area contributed by atoms with Crippen LogP contribution in [0.25, 0.3) is 0 Å². The quantitative estimate of drug-likeness (QED) is 0.710. The smallest absolute Gasteiger partial charge is 0.305 e. The molecule has 92 valence electrons. The van der Waals surface area contributed by atoms with Gasteiger partial charge in [-0.05, 0) is 18.9 Å². The van der Waals surface area contributed by atoms with Gasteiger partial charge >= 0.3 is 5.97 Å². The van der Waals surface area contributed by atoms with Crippen molar-refractivity contribution in [3.63, 3.8) is 0 Å². The summed E-state index contributed by atoms with van der Waals surface area (Å²) in [6.45, 7) is 6.17. The number of nitrogens with zero attached hydrogens (tertiary/aromatic N) is 1. The Balaban J connectivity index is 2.41. The highest BCUT2D eigenvalue weighted by Gasteiger charge is 2.25. The fourth-order valence-electron chi connectivity index (χ4n) is 1.84. The van der Waals surface area contributed by atoms with Crippen molar-refractivity contribution in [2.24, 2.45) is 5.92 Å². The number of piperazine rings is 1. The van der Waals surface area contributed by atoms with E-state index in [4.69, 9.17) is 5.11 Å². The largest absolute Gasteiger partial charge is 0.481 e. The van der Waals surface area contributed by atoms with Gasteiger partial charge in [0.2, 0.25) is 5.91 Å². The summed E-state index contributed by atoms with van der Waals surface area (Å²) in [5.74, 6) is -0.333. The van der Waals surface area contributed by atoms with Crippen LogP contribution in [0.4, 0.5) is 0 Å². The topological polar surface area (TPSA) is 69.6 Å². The zero-order valence-corrected chi connectivity index (χ0v) is 9.90. The highest BCUT2D eigenvalue weighted by molar-refractivity contribution is 5.80. The second-order valence-electron chi connectivity index (χ2n) is 4.78. The summed E-state index contributed by atoms with van der Waals surface area (Å²) < 4.78 is 0. The number of carbonyl (C=O) groups is 2. The third kappa shape index (κ3) is 4.61. The number of nitrogens with one attached hydrogen (secondary N) is 1. The average molecular weight is 228 g/mol.